The highest BCUT2D eigenvalue weighted by atomic mass is 16.5. The molecule has 150 valence electrons. The van der Waals surface area contributed by atoms with Crippen LogP contribution in [0.5, 0.6) is 5.75 Å². The number of esters is 2. The lowest BCUT2D eigenvalue weighted by atomic mass is 10.1. The van der Waals surface area contributed by atoms with Gasteiger partial charge in [-0.25, -0.2) is 14.6 Å². The molecule has 0 aliphatic rings. The highest BCUT2D eigenvalue weighted by Crippen LogP contribution is 2.19. The van der Waals surface area contributed by atoms with Crippen LogP contribution in [0.15, 0.2) is 53.6 Å². The van der Waals surface area contributed by atoms with Crippen LogP contribution in [0.3, 0.4) is 0 Å². The van der Waals surface area contributed by atoms with Crippen molar-refractivity contribution in [2.24, 2.45) is 0 Å². The van der Waals surface area contributed by atoms with Crippen molar-refractivity contribution in [2.45, 2.75) is 20.5 Å². The first-order valence-electron chi connectivity index (χ1n) is 9.12. The molecule has 0 saturated heterocycles. The van der Waals surface area contributed by atoms with E-state index in [1.807, 2.05) is 0 Å². The van der Waals surface area contributed by atoms with Gasteiger partial charge in [-0.3, -0.25) is 9.20 Å². The van der Waals surface area contributed by atoms with E-state index in [1.54, 1.807) is 50.2 Å². The molecule has 3 aromatic rings. The zero-order valence-electron chi connectivity index (χ0n) is 16.1. The standard InChI is InChI=1S/C21H20N2O6/c1-3-27-20(25)15-9-6-5-8-14(15)13-29-17-10-7-11-23-18(17)22-12-16(19(23)24)21(26)28-4-2/h5-12H,3-4,13H2,1-2H3. The molecule has 0 unspecified atom stereocenters. The second kappa shape index (κ2) is 9.01. The summed E-state index contributed by atoms with van der Waals surface area (Å²) in [7, 11) is 0. The van der Waals surface area contributed by atoms with E-state index in [9.17, 15) is 14.4 Å². The van der Waals surface area contributed by atoms with E-state index < -0.39 is 17.5 Å². The zero-order valence-corrected chi connectivity index (χ0v) is 16.1. The minimum Gasteiger partial charge on any atom is -0.485 e. The first kappa shape index (κ1) is 20.1. The summed E-state index contributed by atoms with van der Waals surface area (Å²) in [5.41, 5.74) is 0.585. The van der Waals surface area contributed by atoms with E-state index in [0.717, 1.165) is 0 Å². The Hall–Kier alpha value is -3.68. The van der Waals surface area contributed by atoms with Gasteiger partial charge in [-0.1, -0.05) is 18.2 Å². The number of aromatic nitrogens is 2. The number of hydrogen-bond acceptors (Lipinski definition) is 7. The topological polar surface area (TPSA) is 96.2 Å². The Labute approximate surface area is 166 Å². The maximum atomic E-state index is 12.6. The lowest BCUT2D eigenvalue weighted by Gasteiger charge is -2.12. The van der Waals surface area contributed by atoms with Gasteiger partial charge in [-0.15, -0.1) is 0 Å². The molecule has 0 N–H and O–H groups in total. The molecule has 0 aliphatic heterocycles. The van der Waals surface area contributed by atoms with Crippen molar-refractivity contribution < 1.29 is 23.8 Å². The highest BCUT2D eigenvalue weighted by Gasteiger charge is 2.17. The van der Waals surface area contributed by atoms with E-state index in [-0.39, 0.29) is 31.0 Å². The first-order chi connectivity index (χ1) is 14.1. The summed E-state index contributed by atoms with van der Waals surface area (Å²) < 4.78 is 17.0. The lowest BCUT2D eigenvalue weighted by molar-refractivity contribution is 0.0514. The van der Waals surface area contributed by atoms with Crippen LogP contribution < -0.4 is 10.3 Å². The number of rotatable bonds is 7. The summed E-state index contributed by atoms with van der Waals surface area (Å²) in [5.74, 6) is -0.828. The fraction of sp³-hybridized carbons (Fsp3) is 0.238. The smallest absolute Gasteiger partial charge is 0.345 e. The van der Waals surface area contributed by atoms with Crippen LogP contribution in [0.1, 0.15) is 40.1 Å². The average molecular weight is 396 g/mol. The molecule has 0 radical (unpaired) electrons. The minimum absolute atomic E-state index is 0.0736. The number of fused-ring (bicyclic) bond motifs is 1. The summed E-state index contributed by atoms with van der Waals surface area (Å²) in [6.07, 6.45) is 2.67. The number of benzene rings is 1. The monoisotopic (exact) mass is 396 g/mol. The van der Waals surface area contributed by atoms with Crippen LogP contribution in [0, 0.1) is 0 Å². The van der Waals surface area contributed by atoms with Gasteiger partial charge in [0, 0.05) is 18.0 Å². The van der Waals surface area contributed by atoms with E-state index >= 15 is 0 Å². The van der Waals surface area contributed by atoms with Crippen LogP contribution in [0.2, 0.25) is 0 Å². The maximum Gasteiger partial charge on any atom is 0.345 e. The van der Waals surface area contributed by atoms with Crippen molar-refractivity contribution in [1.29, 1.82) is 0 Å². The molecule has 3 rings (SSSR count). The summed E-state index contributed by atoms with van der Waals surface area (Å²) in [6.45, 7) is 3.90. The third-order valence-corrected chi connectivity index (χ3v) is 4.09. The Morgan fingerprint density at radius 2 is 1.66 bits per heavy atom. The number of ether oxygens (including phenoxy) is 3. The Balaban J connectivity index is 1.91. The molecule has 2 aromatic heterocycles. The van der Waals surface area contributed by atoms with Gasteiger partial charge < -0.3 is 14.2 Å². The third kappa shape index (κ3) is 4.26. The highest BCUT2D eigenvalue weighted by molar-refractivity contribution is 5.91. The molecule has 0 fully saturated rings. The number of nitrogens with zero attached hydrogens (tertiary/aromatic N) is 2. The summed E-state index contributed by atoms with van der Waals surface area (Å²) in [4.78, 5) is 40.8. The fourth-order valence-corrected chi connectivity index (χ4v) is 2.75. The number of pyridine rings is 1. The molecule has 2 heterocycles. The Kier molecular flexibility index (Phi) is 6.23. The van der Waals surface area contributed by atoms with Crippen molar-refractivity contribution in [3.8, 4) is 5.75 Å². The van der Waals surface area contributed by atoms with Gasteiger partial charge in [0.25, 0.3) is 5.56 Å². The van der Waals surface area contributed by atoms with Gasteiger partial charge in [-0.05, 0) is 32.0 Å². The lowest BCUT2D eigenvalue weighted by Crippen LogP contribution is -2.24. The van der Waals surface area contributed by atoms with Crippen LogP contribution >= 0.6 is 0 Å². The fourth-order valence-electron chi connectivity index (χ4n) is 2.75. The number of carbonyl (C=O) groups is 2. The van der Waals surface area contributed by atoms with E-state index in [4.69, 9.17) is 14.2 Å². The van der Waals surface area contributed by atoms with Gasteiger partial charge in [0.2, 0.25) is 0 Å². The van der Waals surface area contributed by atoms with Gasteiger partial charge in [0.05, 0.1) is 18.8 Å². The molecule has 8 heteroatoms. The van der Waals surface area contributed by atoms with E-state index in [2.05, 4.69) is 4.98 Å². The van der Waals surface area contributed by atoms with Crippen molar-refractivity contribution in [2.75, 3.05) is 13.2 Å². The Morgan fingerprint density at radius 1 is 0.966 bits per heavy atom. The van der Waals surface area contributed by atoms with Crippen LogP contribution in [-0.2, 0) is 16.1 Å². The Bertz CT molecular complexity index is 1110. The molecule has 0 spiro atoms. The van der Waals surface area contributed by atoms with Crippen molar-refractivity contribution in [1.82, 2.24) is 9.38 Å². The molecule has 0 bridgehead atoms. The minimum atomic E-state index is -0.728. The van der Waals surface area contributed by atoms with Crippen LogP contribution in [0.4, 0.5) is 0 Å². The maximum absolute atomic E-state index is 12.6. The average Bonchev–Trinajstić information content (AvgIpc) is 2.73. The SMILES string of the molecule is CCOC(=O)c1ccccc1COc1cccn2c(=O)c(C(=O)OCC)cnc12. The summed E-state index contributed by atoms with van der Waals surface area (Å²) in [6, 6.07) is 10.2. The number of hydrogen-bond donors (Lipinski definition) is 0. The summed E-state index contributed by atoms with van der Waals surface area (Å²) >= 11 is 0. The number of carbonyl (C=O) groups excluding carboxylic acids is 2. The molecular weight excluding hydrogens is 376 g/mol. The zero-order chi connectivity index (χ0) is 20.8. The second-order valence-corrected chi connectivity index (χ2v) is 5.93. The van der Waals surface area contributed by atoms with Gasteiger partial charge in [0.1, 0.15) is 12.2 Å². The molecule has 0 saturated carbocycles. The molecule has 0 aliphatic carbocycles. The second-order valence-electron chi connectivity index (χ2n) is 5.93. The van der Waals surface area contributed by atoms with Crippen molar-refractivity contribution in [3.05, 3.63) is 75.8 Å². The predicted molar refractivity (Wildman–Crippen MR) is 104 cm³/mol. The molecule has 0 atom stereocenters. The Morgan fingerprint density at radius 3 is 2.38 bits per heavy atom. The molecule has 0 amide bonds. The molecular formula is C21H20N2O6. The van der Waals surface area contributed by atoms with E-state index in [0.29, 0.717) is 16.9 Å². The molecule has 29 heavy (non-hydrogen) atoms. The predicted octanol–water partition coefficient (Wildman–Crippen LogP) is 2.63. The van der Waals surface area contributed by atoms with Gasteiger partial charge in [0.15, 0.2) is 11.4 Å². The molecule has 8 nitrogen and oxygen atoms in total. The van der Waals surface area contributed by atoms with Crippen LogP contribution in [0.25, 0.3) is 5.65 Å². The third-order valence-electron chi connectivity index (χ3n) is 4.09. The summed E-state index contributed by atoms with van der Waals surface area (Å²) in [5, 5.41) is 0. The quantitative estimate of drug-likeness (QED) is 0.567. The van der Waals surface area contributed by atoms with Gasteiger partial charge >= 0.3 is 11.9 Å². The van der Waals surface area contributed by atoms with Crippen molar-refractivity contribution >= 4 is 17.6 Å². The van der Waals surface area contributed by atoms with E-state index in [1.165, 1.54) is 16.8 Å². The first-order valence-corrected chi connectivity index (χ1v) is 9.12. The normalized spacial score (nSPS) is 10.6. The van der Waals surface area contributed by atoms with Gasteiger partial charge in [-0.2, -0.15) is 0 Å². The van der Waals surface area contributed by atoms with Crippen molar-refractivity contribution in [3.63, 3.8) is 0 Å². The largest absolute Gasteiger partial charge is 0.485 e. The van der Waals surface area contributed by atoms with Crippen LogP contribution in [-0.4, -0.2) is 34.5 Å². The molecule has 1 aromatic carbocycles.